The van der Waals surface area contributed by atoms with E-state index in [-0.39, 0.29) is 18.4 Å². The van der Waals surface area contributed by atoms with E-state index in [0.29, 0.717) is 18.8 Å². The molecule has 0 saturated carbocycles. The van der Waals surface area contributed by atoms with E-state index in [0.717, 1.165) is 25.3 Å². The molecule has 0 bridgehead atoms. The second kappa shape index (κ2) is 5.71. The van der Waals surface area contributed by atoms with E-state index in [1.165, 1.54) is 10.8 Å². The van der Waals surface area contributed by atoms with Gasteiger partial charge in [-0.1, -0.05) is 0 Å². The third-order valence-electron chi connectivity index (χ3n) is 3.91. The first-order chi connectivity index (χ1) is 10.5. The van der Waals surface area contributed by atoms with Crippen molar-refractivity contribution in [3.05, 3.63) is 18.1 Å². The van der Waals surface area contributed by atoms with Crippen LogP contribution in [0.1, 0.15) is 31.4 Å². The van der Waals surface area contributed by atoms with Crippen molar-refractivity contribution in [2.75, 3.05) is 18.1 Å². The first-order valence-electron chi connectivity index (χ1n) is 7.16. The summed E-state index contributed by atoms with van der Waals surface area (Å²) < 4.78 is 40.4. The number of halogens is 3. The lowest BCUT2D eigenvalue weighted by Gasteiger charge is -2.37. The highest BCUT2D eigenvalue weighted by atomic mass is 19.4. The summed E-state index contributed by atoms with van der Waals surface area (Å²) in [6.45, 7) is 0.625. The number of aliphatic hydroxyl groups is 1. The molecule has 0 aromatic carbocycles. The highest BCUT2D eigenvalue weighted by molar-refractivity contribution is 5.49. The smallest absolute Gasteiger partial charge is 0.396 e. The molecule has 1 aliphatic rings. The van der Waals surface area contributed by atoms with Crippen LogP contribution in [0.25, 0.3) is 5.78 Å². The molecule has 1 unspecified atom stereocenters. The topological polar surface area (TPSA) is 66.5 Å². The minimum Gasteiger partial charge on any atom is -0.396 e. The van der Waals surface area contributed by atoms with Gasteiger partial charge in [0.1, 0.15) is 12.1 Å². The Balaban J connectivity index is 2.09. The van der Waals surface area contributed by atoms with E-state index >= 15 is 0 Å². The summed E-state index contributed by atoms with van der Waals surface area (Å²) >= 11 is 0. The van der Waals surface area contributed by atoms with Crippen molar-refractivity contribution in [1.29, 1.82) is 0 Å². The second-order valence-electron chi connectivity index (χ2n) is 5.32. The maximum absolute atomic E-state index is 13.0. The molecule has 0 spiro atoms. The summed E-state index contributed by atoms with van der Waals surface area (Å²) in [4.78, 5) is 9.18. The highest BCUT2D eigenvalue weighted by Gasteiger charge is 2.35. The van der Waals surface area contributed by atoms with Crippen LogP contribution in [-0.4, -0.2) is 43.9 Å². The van der Waals surface area contributed by atoms with Crippen molar-refractivity contribution in [2.24, 2.45) is 0 Å². The molecule has 6 nitrogen and oxygen atoms in total. The number of hydrogen-bond acceptors (Lipinski definition) is 5. The van der Waals surface area contributed by atoms with Crippen molar-refractivity contribution < 1.29 is 18.3 Å². The Morgan fingerprint density at radius 1 is 1.32 bits per heavy atom. The fourth-order valence-corrected chi connectivity index (χ4v) is 2.90. The zero-order chi connectivity index (χ0) is 15.7. The van der Waals surface area contributed by atoms with Gasteiger partial charge >= 0.3 is 6.18 Å². The summed E-state index contributed by atoms with van der Waals surface area (Å²) in [5.74, 6) is 0.256. The SMILES string of the molecule is OCCC1CCCCN1c1cc(C(F)(F)F)nc2ncnn12. The van der Waals surface area contributed by atoms with Crippen molar-refractivity contribution >= 4 is 11.6 Å². The van der Waals surface area contributed by atoms with Gasteiger partial charge in [0.05, 0.1) is 0 Å². The highest BCUT2D eigenvalue weighted by Crippen LogP contribution is 2.33. The van der Waals surface area contributed by atoms with Gasteiger partial charge in [0.15, 0.2) is 5.69 Å². The zero-order valence-electron chi connectivity index (χ0n) is 11.8. The summed E-state index contributed by atoms with van der Waals surface area (Å²) in [5.41, 5.74) is -0.976. The largest absolute Gasteiger partial charge is 0.433 e. The summed E-state index contributed by atoms with van der Waals surface area (Å²) in [7, 11) is 0. The van der Waals surface area contributed by atoms with Crippen molar-refractivity contribution in [1.82, 2.24) is 19.6 Å². The standard InChI is InChI=1S/C13H16F3N5O/c14-13(15,16)10-7-11(21-12(19-10)17-8-18-21)20-5-2-1-3-9(20)4-6-22/h7-9,22H,1-6H2. The normalized spacial score (nSPS) is 19.8. The number of aliphatic hydroxyl groups excluding tert-OH is 1. The number of aromatic nitrogens is 4. The fourth-order valence-electron chi connectivity index (χ4n) is 2.90. The molecule has 0 radical (unpaired) electrons. The molecule has 3 heterocycles. The summed E-state index contributed by atoms with van der Waals surface area (Å²) in [6.07, 6.45) is -0.108. The third-order valence-corrected chi connectivity index (χ3v) is 3.91. The van der Waals surface area contributed by atoms with Gasteiger partial charge in [0.2, 0.25) is 0 Å². The molecule has 9 heteroatoms. The number of anilines is 1. The van der Waals surface area contributed by atoms with Crippen LogP contribution in [0.3, 0.4) is 0 Å². The van der Waals surface area contributed by atoms with Crippen LogP contribution in [0.5, 0.6) is 0 Å². The van der Waals surface area contributed by atoms with Crippen LogP contribution in [0.2, 0.25) is 0 Å². The maximum atomic E-state index is 13.0. The van der Waals surface area contributed by atoms with Crippen LogP contribution >= 0.6 is 0 Å². The minimum atomic E-state index is -4.54. The van der Waals surface area contributed by atoms with Gasteiger partial charge in [0, 0.05) is 25.3 Å². The van der Waals surface area contributed by atoms with Gasteiger partial charge in [0.25, 0.3) is 5.78 Å². The molecule has 2 aromatic heterocycles. The van der Waals surface area contributed by atoms with Crippen LogP contribution < -0.4 is 4.90 Å². The van der Waals surface area contributed by atoms with Crippen LogP contribution in [0.4, 0.5) is 19.0 Å². The van der Waals surface area contributed by atoms with E-state index in [2.05, 4.69) is 15.1 Å². The molecule has 1 aliphatic heterocycles. The number of rotatable bonds is 3. The molecule has 120 valence electrons. The number of hydrogen-bond donors (Lipinski definition) is 1. The molecule has 1 atom stereocenters. The zero-order valence-corrected chi connectivity index (χ0v) is 11.8. The summed E-state index contributed by atoms with van der Waals surface area (Å²) in [5, 5.41) is 13.2. The minimum absolute atomic E-state index is 0.00111. The molecular weight excluding hydrogens is 299 g/mol. The molecule has 0 aliphatic carbocycles. The van der Waals surface area contributed by atoms with Crippen LogP contribution in [0, 0.1) is 0 Å². The first-order valence-corrected chi connectivity index (χ1v) is 7.16. The monoisotopic (exact) mass is 315 g/mol. The molecular formula is C13H16F3N5O. The van der Waals surface area contributed by atoms with Gasteiger partial charge in [-0.2, -0.15) is 27.8 Å². The van der Waals surface area contributed by atoms with Crippen molar-refractivity contribution in [2.45, 2.75) is 37.9 Å². The first kappa shape index (κ1) is 15.0. The van der Waals surface area contributed by atoms with Gasteiger partial charge in [-0.3, -0.25) is 0 Å². The predicted molar refractivity (Wildman–Crippen MR) is 72.5 cm³/mol. The number of fused-ring (bicyclic) bond motifs is 1. The van der Waals surface area contributed by atoms with E-state index in [1.807, 2.05) is 4.90 Å². The molecule has 22 heavy (non-hydrogen) atoms. The number of alkyl halides is 3. The van der Waals surface area contributed by atoms with E-state index < -0.39 is 11.9 Å². The molecule has 1 N–H and O–H groups in total. The van der Waals surface area contributed by atoms with Gasteiger partial charge < -0.3 is 10.0 Å². The lowest BCUT2D eigenvalue weighted by atomic mass is 9.99. The number of piperidine rings is 1. The molecule has 0 amide bonds. The van der Waals surface area contributed by atoms with E-state index in [9.17, 15) is 18.3 Å². The average molecular weight is 315 g/mol. The average Bonchev–Trinajstić information content (AvgIpc) is 2.95. The Bertz CT molecular complexity index is 655. The maximum Gasteiger partial charge on any atom is 0.433 e. The Morgan fingerprint density at radius 2 is 2.14 bits per heavy atom. The number of nitrogens with zero attached hydrogens (tertiary/aromatic N) is 5. The molecule has 1 fully saturated rings. The fraction of sp³-hybridized carbons (Fsp3) is 0.615. The predicted octanol–water partition coefficient (Wildman–Crippen LogP) is 1.88. The van der Waals surface area contributed by atoms with Crippen molar-refractivity contribution in [3.63, 3.8) is 0 Å². The van der Waals surface area contributed by atoms with Gasteiger partial charge in [-0.05, 0) is 25.7 Å². The third kappa shape index (κ3) is 2.72. The summed E-state index contributed by atoms with van der Waals surface area (Å²) in [6, 6.07) is 1.01. The van der Waals surface area contributed by atoms with E-state index in [4.69, 9.17) is 0 Å². The molecule has 2 aromatic rings. The van der Waals surface area contributed by atoms with Gasteiger partial charge in [-0.25, -0.2) is 4.98 Å². The van der Waals surface area contributed by atoms with E-state index in [1.54, 1.807) is 0 Å². The lowest BCUT2D eigenvalue weighted by Crippen LogP contribution is -2.41. The van der Waals surface area contributed by atoms with Gasteiger partial charge in [-0.15, -0.1) is 0 Å². The lowest BCUT2D eigenvalue weighted by molar-refractivity contribution is -0.141. The van der Waals surface area contributed by atoms with Crippen molar-refractivity contribution in [3.8, 4) is 0 Å². The molecule has 1 saturated heterocycles. The Morgan fingerprint density at radius 3 is 2.86 bits per heavy atom. The second-order valence-corrected chi connectivity index (χ2v) is 5.32. The van der Waals surface area contributed by atoms with Crippen LogP contribution in [-0.2, 0) is 6.18 Å². The Labute approximate surface area is 124 Å². The Hall–Kier alpha value is -1.90. The molecule has 3 rings (SSSR count). The van der Waals surface area contributed by atoms with Crippen LogP contribution in [0.15, 0.2) is 12.4 Å². The Kier molecular flexibility index (Phi) is 3.90. The quantitative estimate of drug-likeness (QED) is 0.937.